The molecule has 1 heterocycles. The molecule has 1 aromatic rings. The van der Waals surface area contributed by atoms with Crippen molar-refractivity contribution in [2.45, 2.75) is 45.2 Å². The van der Waals surface area contributed by atoms with Crippen molar-refractivity contribution in [1.82, 2.24) is 4.90 Å². The number of carboxylic acid groups (broad SMARTS) is 1. The van der Waals surface area contributed by atoms with Crippen LogP contribution in [0, 0.1) is 0 Å². The molecule has 2 rings (SSSR count). The second-order valence-corrected chi connectivity index (χ2v) is 5.00. The highest BCUT2D eigenvalue weighted by Gasteiger charge is 2.23. The van der Waals surface area contributed by atoms with Crippen LogP contribution in [-0.2, 0) is 17.8 Å². The number of nitrogens with zero attached hydrogens (tertiary/aromatic N) is 1. The van der Waals surface area contributed by atoms with Gasteiger partial charge in [0.1, 0.15) is 0 Å². The van der Waals surface area contributed by atoms with E-state index in [4.69, 9.17) is 5.11 Å². The number of fused-ring (bicyclic) bond motifs is 1. The number of hydrogen-bond acceptors (Lipinski definition) is 2. The molecule has 0 radical (unpaired) electrons. The summed E-state index contributed by atoms with van der Waals surface area (Å²) >= 11 is 0. The smallest absolute Gasteiger partial charge is 0.303 e. The number of carboxylic acids is 1. The van der Waals surface area contributed by atoms with Crippen LogP contribution in [0.2, 0.25) is 0 Å². The summed E-state index contributed by atoms with van der Waals surface area (Å²) in [5.74, 6) is -0.694. The first-order chi connectivity index (χ1) is 8.70. The second-order valence-electron chi connectivity index (χ2n) is 5.00. The van der Waals surface area contributed by atoms with Crippen molar-refractivity contribution in [3.63, 3.8) is 0 Å². The van der Waals surface area contributed by atoms with Crippen LogP contribution in [0.25, 0.3) is 0 Å². The number of hydrogen-bond donors (Lipinski definition) is 1. The van der Waals surface area contributed by atoms with Crippen LogP contribution >= 0.6 is 0 Å². The molecule has 0 spiro atoms. The SMILES string of the molecule is CCC1Cc2ccccc2CN1CCCC(=O)O. The molecule has 0 saturated carbocycles. The number of aliphatic carboxylic acids is 1. The third-order valence-corrected chi connectivity index (χ3v) is 3.77. The minimum Gasteiger partial charge on any atom is -0.481 e. The van der Waals surface area contributed by atoms with Crippen LogP contribution < -0.4 is 0 Å². The lowest BCUT2D eigenvalue weighted by Gasteiger charge is -2.36. The lowest BCUT2D eigenvalue weighted by Crippen LogP contribution is -2.40. The molecule has 0 bridgehead atoms. The summed E-state index contributed by atoms with van der Waals surface area (Å²) in [6.45, 7) is 4.07. The molecule has 3 heteroatoms. The first-order valence-corrected chi connectivity index (χ1v) is 6.73. The molecule has 1 aliphatic heterocycles. The molecule has 0 saturated heterocycles. The summed E-state index contributed by atoms with van der Waals surface area (Å²) in [4.78, 5) is 13.0. The average Bonchev–Trinajstić information content (AvgIpc) is 2.37. The maximum atomic E-state index is 10.6. The van der Waals surface area contributed by atoms with Gasteiger partial charge in [-0.25, -0.2) is 0 Å². The summed E-state index contributed by atoms with van der Waals surface area (Å²) < 4.78 is 0. The van der Waals surface area contributed by atoms with E-state index in [1.54, 1.807) is 0 Å². The van der Waals surface area contributed by atoms with E-state index in [2.05, 4.69) is 36.1 Å². The Labute approximate surface area is 108 Å². The van der Waals surface area contributed by atoms with Crippen LogP contribution in [0.5, 0.6) is 0 Å². The Morgan fingerprint density at radius 1 is 1.39 bits per heavy atom. The van der Waals surface area contributed by atoms with Crippen molar-refractivity contribution in [2.24, 2.45) is 0 Å². The van der Waals surface area contributed by atoms with Gasteiger partial charge in [0.15, 0.2) is 0 Å². The molecule has 18 heavy (non-hydrogen) atoms. The van der Waals surface area contributed by atoms with Gasteiger partial charge in [-0.2, -0.15) is 0 Å². The van der Waals surface area contributed by atoms with E-state index in [9.17, 15) is 4.79 Å². The molecule has 1 atom stereocenters. The Morgan fingerprint density at radius 3 is 2.78 bits per heavy atom. The zero-order valence-corrected chi connectivity index (χ0v) is 10.9. The maximum Gasteiger partial charge on any atom is 0.303 e. The Bertz CT molecular complexity index is 417. The van der Waals surface area contributed by atoms with E-state index >= 15 is 0 Å². The van der Waals surface area contributed by atoms with Crippen molar-refractivity contribution >= 4 is 5.97 Å². The topological polar surface area (TPSA) is 40.5 Å². The van der Waals surface area contributed by atoms with Gasteiger partial charge in [-0.1, -0.05) is 31.2 Å². The number of benzene rings is 1. The van der Waals surface area contributed by atoms with Crippen molar-refractivity contribution in [1.29, 1.82) is 0 Å². The highest BCUT2D eigenvalue weighted by Crippen LogP contribution is 2.24. The van der Waals surface area contributed by atoms with Gasteiger partial charge < -0.3 is 5.11 Å². The molecule has 1 aliphatic rings. The van der Waals surface area contributed by atoms with Crippen molar-refractivity contribution in [2.75, 3.05) is 6.54 Å². The highest BCUT2D eigenvalue weighted by atomic mass is 16.4. The van der Waals surface area contributed by atoms with E-state index in [0.29, 0.717) is 6.04 Å². The first-order valence-electron chi connectivity index (χ1n) is 6.73. The van der Waals surface area contributed by atoms with Gasteiger partial charge in [-0.3, -0.25) is 9.69 Å². The van der Waals surface area contributed by atoms with Gasteiger partial charge in [0.2, 0.25) is 0 Å². The molecule has 98 valence electrons. The molecule has 0 fully saturated rings. The van der Waals surface area contributed by atoms with E-state index < -0.39 is 5.97 Å². The fourth-order valence-electron chi connectivity index (χ4n) is 2.74. The van der Waals surface area contributed by atoms with Crippen LogP contribution in [-0.4, -0.2) is 28.6 Å². The van der Waals surface area contributed by atoms with Gasteiger partial charge in [-0.05, 0) is 36.9 Å². The van der Waals surface area contributed by atoms with E-state index in [0.717, 1.165) is 32.4 Å². The van der Waals surface area contributed by atoms with Gasteiger partial charge in [0, 0.05) is 19.0 Å². The van der Waals surface area contributed by atoms with Gasteiger partial charge in [0.05, 0.1) is 0 Å². The Balaban J connectivity index is 2.00. The van der Waals surface area contributed by atoms with Crippen LogP contribution in [0.3, 0.4) is 0 Å². The largest absolute Gasteiger partial charge is 0.481 e. The summed E-state index contributed by atoms with van der Waals surface area (Å²) in [5.41, 5.74) is 2.86. The molecule has 0 aromatic heterocycles. The molecule has 3 nitrogen and oxygen atoms in total. The average molecular weight is 247 g/mol. The number of carbonyl (C=O) groups is 1. The minimum atomic E-state index is -0.694. The minimum absolute atomic E-state index is 0.272. The fourth-order valence-corrected chi connectivity index (χ4v) is 2.74. The Hall–Kier alpha value is -1.35. The predicted octanol–water partition coefficient (Wildman–Crippen LogP) is 2.69. The summed E-state index contributed by atoms with van der Waals surface area (Å²) in [7, 11) is 0. The zero-order chi connectivity index (χ0) is 13.0. The van der Waals surface area contributed by atoms with Crippen molar-refractivity contribution in [3.05, 3.63) is 35.4 Å². The van der Waals surface area contributed by atoms with Crippen LogP contribution in [0.15, 0.2) is 24.3 Å². The molecule has 0 amide bonds. The summed E-state index contributed by atoms with van der Waals surface area (Å²) in [6.07, 6.45) is 3.24. The number of rotatable bonds is 5. The second kappa shape index (κ2) is 6.01. The molecule has 0 aliphatic carbocycles. The lowest BCUT2D eigenvalue weighted by molar-refractivity contribution is -0.137. The van der Waals surface area contributed by atoms with Gasteiger partial charge in [-0.15, -0.1) is 0 Å². The molecule has 1 N–H and O–H groups in total. The van der Waals surface area contributed by atoms with E-state index in [1.807, 2.05) is 0 Å². The standard InChI is InChI=1S/C15H21NO2/c1-2-14-10-12-6-3-4-7-13(12)11-16(14)9-5-8-15(17)18/h3-4,6-7,14H,2,5,8-11H2,1H3,(H,17,18). The summed E-state index contributed by atoms with van der Waals surface area (Å²) in [5, 5.41) is 8.71. The monoisotopic (exact) mass is 247 g/mol. The van der Waals surface area contributed by atoms with E-state index in [-0.39, 0.29) is 6.42 Å². The quantitative estimate of drug-likeness (QED) is 0.869. The van der Waals surface area contributed by atoms with E-state index in [1.165, 1.54) is 11.1 Å². The molecular weight excluding hydrogens is 226 g/mol. The third kappa shape index (κ3) is 3.10. The maximum absolute atomic E-state index is 10.6. The predicted molar refractivity (Wildman–Crippen MR) is 71.5 cm³/mol. The van der Waals surface area contributed by atoms with Crippen LogP contribution in [0.1, 0.15) is 37.3 Å². The summed E-state index contributed by atoms with van der Waals surface area (Å²) in [6, 6.07) is 9.15. The van der Waals surface area contributed by atoms with Gasteiger partial charge >= 0.3 is 5.97 Å². The van der Waals surface area contributed by atoms with Crippen molar-refractivity contribution in [3.8, 4) is 0 Å². The van der Waals surface area contributed by atoms with Crippen molar-refractivity contribution < 1.29 is 9.90 Å². The molecule has 1 aromatic carbocycles. The zero-order valence-electron chi connectivity index (χ0n) is 10.9. The fraction of sp³-hybridized carbons (Fsp3) is 0.533. The Morgan fingerprint density at radius 2 is 2.11 bits per heavy atom. The molecular formula is C15H21NO2. The lowest BCUT2D eigenvalue weighted by atomic mass is 9.92. The highest BCUT2D eigenvalue weighted by molar-refractivity contribution is 5.66. The van der Waals surface area contributed by atoms with Gasteiger partial charge in [0.25, 0.3) is 0 Å². The normalized spacial score (nSPS) is 19.5. The first kappa shape index (κ1) is 13.1. The molecule has 1 unspecified atom stereocenters. The Kier molecular flexibility index (Phi) is 4.37. The van der Waals surface area contributed by atoms with Crippen LogP contribution in [0.4, 0.5) is 0 Å². The third-order valence-electron chi connectivity index (χ3n) is 3.77.